The average molecular weight is 427 g/mol. The van der Waals surface area contributed by atoms with Crippen LogP contribution < -0.4 is 5.32 Å². The van der Waals surface area contributed by atoms with Gasteiger partial charge in [-0.15, -0.1) is 22.7 Å². The molecule has 0 unspecified atom stereocenters. The van der Waals surface area contributed by atoms with Gasteiger partial charge in [-0.1, -0.05) is 54.1 Å². The number of aromatic nitrogens is 1. The van der Waals surface area contributed by atoms with Crippen LogP contribution in [0.25, 0.3) is 37.5 Å². The number of anilines is 1. The lowest BCUT2D eigenvalue weighted by atomic mass is 10.1. The molecule has 0 bridgehead atoms. The van der Waals surface area contributed by atoms with E-state index in [0.717, 1.165) is 16.8 Å². The van der Waals surface area contributed by atoms with E-state index >= 15 is 0 Å². The Bertz CT molecular complexity index is 1390. The first-order chi connectivity index (χ1) is 14.7. The quantitative estimate of drug-likeness (QED) is 0.310. The number of hydrogen-bond acceptors (Lipinski definition) is 4. The van der Waals surface area contributed by atoms with Gasteiger partial charge in [0.15, 0.2) is 5.13 Å². The maximum absolute atomic E-state index is 12.3. The van der Waals surface area contributed by atoms with Crippen molar-refractivity contribution in [2.75, 3.05) is 5.32 Å². The van der Waals surface area contributed by atoms with Crippen molar-refractivity contribution in [1.82, 2.24) is 4.98 Å². The number of thiazole rings is 1. The fraction of sp³-hybridized carbons (Fsp3) is 0.0400. The third kappa shape index (κ3) is 3.77. The number of nitrogens with one attached hydrogen (secondary N) is 1. The van der Waals surface area contributed by atoms with Crippen molar-refractivity contribution >= 4 is 60.0 Å². The summed E-state index contributed by atoms with van der Waals surface area (Å²) in [4.78, 5) is 16.9. The van der Waals surface area contributed by atoms with Crippen molar-refractivity contribution in [2.24, 2.45) is 0 Å². The highest BCUT2D eigenvalue weighted by atomic mass is 32.1. The van der Waals surface area contributed by atoms with E-state index in [1.807, 2.05) is 36.6 Å². The minimum absolute atomic E-state index is 0.184. The van der Waals surface area contributed by atoms with Gasteiger partial charge in [-0.3, -0.25) is 10.1 Å². The normalized spacial score (nSPS) is 11.5. The smallest absolute Gasteiger partial charge is 0.250 e. The maximum Gasteiger partial charge on any atom is 0.250 e. The largest absolute Gasteiger partial charge is 0.298 e. The molecule has 3 aromatic carbocycles. The summed E-state index contributed by atoms with van der Waals surface area (Å²) in [6.45, 7) is 2.04. The summed E-state index contributed by atoms with van der Waals surface area (Å²) < 4.78 is 2.56. The number of aryl methyl sites for hydroxylation is 1. The molecule has 1 N–H and O–H groups in total. The third-order valence-electron chi connectivity index (χ3n) is 4.91. The molecule has 1 amide bonds. The van der Waals surface area contributed by atoms with Crippen LogP contribution in [-0.4, -0.2) is 10.9 Å². The van der Waals surface area contributed by atoms with Crippen molar-refractivity contribution < 1.29 is 4.79 Å². The van der Waals surface area contributed by atoms with Crippen molar-refractivity contribution in [1.29, 1.82) is 0 Å². The molecule has 3 nitrogen and oxygen atoms in total. The first-order valence-corrected chi connectivity index (χ1v) is 11.3. The highest BCUT2D eigenvalue weighted by Crippen LogP contribution is 2.36. The molecule has 2 aromatic heterocycles. The summed E-state index contributed by atoms with van der Waals surface area (Å²) in [7, 11) is 0. The van der Waals surface area contributed by atoms with E-state index in [2.05, 4.69) is 52.8 Å². The zero-order valence-electron chi connectivity index (χ0n) is 16.3. The molecule has 2 heterocycles. The number of carbonyl (C=O) groups is 1. The molecule has 0 saturated heterocycles. The molecule has 0 spiro atoms. The molecule has 30 heavy (non-hydrogen) atoms. The van der Waals surface area contributed by atoms with Crippen LogP contribution in [0, 0.1) is 6.92 Å². The van der Waals surface area contributed by atoms with Crippen LogP contribution in [0.15, 0.2) is 78.2 Å². The van der Waals surface area contributed by atoms with E-state index in [0.29, 0.717) is 5.13 Å². The summed E-state index contributed by atoms with van der Waals surface area (Å²) in [5.74, 6) is -0.184. The summed E-state index contributed by atoms with van der Waals surface area (Å²) >= 11 is 3.23. The molecule has 146 valence electrons. The van der Waals surface area contributed by atoms with Gasteiger partial charge in [-0.25, -0.2) is 4.98 Å². The van der Waals surface area contributed by atoms with Crippen molar-refractivity contribution in [3.8, 4) is 11.3 Å². The number of fused-ring (bicyclic) bond motifs is 3. The highest BCUT2D eigenvalue weighted by Gasteiger charge is 2.10. The minimum Gasteiger partial charge on any atom is -0.298 e. The lowest BCUT2D eigenvalue weighted by molar-refractivity contribution is -0.111. The number of nitrogens with zero attached hydrogens (tertiary/aromatic N) is 1. The second-order valence-corrected chi connectivity index (χ2v) is 9.02. The first-order valence-electron chi connectivity index (χ1n) is 9.59. The van der Waals surface area contributed by atoms with Crippen LogP contribution in [0.1, 0.15) is 11.1 Å². The van der Waals surface area contributed by atoms with Crippen LogP contribution in [0.2, 0.25) is 0 Å². The molecule has 0 aliphatic rings. The van der Waals surface area contributed by atoms with Gasteiger partial charge < -0.3 is 0 Å². The van der Waals surface area contributed by atoms with Gasteiger partial charge in [0.2, 0.25) is 5.91 Å². The molecular weight excluding hydrogens is 408 g/mol. The van der Waals surface area contributed by atoms with Crippen molar-refractivity contribution in [3.63, 3.8) is 0 Å². The van der Waals surface area contributed by atoms with Gasteiger partial charge in [-0.2, -0.15) is 0 Å². The van der Waals surface area contributed by atoms with Gasteiger partial charge >= 0.3 is 0 Å². The Hall–Kier alpha value is -3.28. The van der Waals surface area contributed by atoms with E-state index in [4.69, 9.17) is 0 Å². The molecule has 0 aliphatic heterocycles. The Morgan fingerprint density at radius 1 is 0.967 bits per heavy atom. The average Bonchev–Trinajstić information content (AvgIpc) is 3.37. The zero-order valence-corrected chi connectivity index (χ0v) is 17.9. The lowest BCUT2D eigenvalue weighted by Gasteiger charge is -1.99. The molecule has 5 aromatic rings. The van der Waals surface area contributed by atoms with Gasteiger partial charge in [0, 0.05) is 37.2 Å². The van der Waals surface area contributed by atoms with Gasteiger partial charge in [0.1, 0.15) is 0 Å². The van der Waals surface area contributed by atoms with Crippen LogP contribution in [0.5, 0.6) is 0 Å². The van der Waals surface area contributed by atoms with Gasteiger partial charge in [-0.05, 0) is 36.8 Å². The molecule has 5 rings (SSSR count). The Balaban J connectivity index is 1.35. The molecule has 0 aliphatic carbocycles. The minimum atomic E-state index is -0.184. The summed E-state index contributed by atoms with van der Waals surface area (Å²) in [6, 6.07) is 22.9. The molecule has 0 atom stereocenters. The number of carbonyl (C=O) groups excluding carboxylic acids is 1. The SMILES string of the molecule is Cc1ccc(/C=C/C(=O)Nc2nc(-c3ccc4sc5ccccc5c4c3)cs2)cc1. The monoisotopic (exact) mass is 426 g/mol. The van der Waals surface area contributed by atoms with Gasteiger partial charge in [0.25, 0.3) is 0 Å². The number of thiophene rings is 1. The van der Waals surface area contributed by atoms with E-state index in [1.165, 1.54) is 43.1 Å². The summed E-state index contributed by atoms with van der Waals surface area (Å²) in [6.07, 6.45) is 3.34. The van der Waals surface area contributed by atoms with Gasteiger partial charge in [0.05, 0.1) is 5.69 Å². The number of amides is 1. The highest BCUT2D eigenvalue weighted by molar-refractivity contribution is 7.25. The van der Waals surface area contributed by atoms with Crippen LogP contribution in [0.3, 0.4) is 0 Å². The number of benzene rings is 3. The predicted octanol–water partition coefficient (Wildman–Crippen LogP) is 7.14. The Labute approximate surface area is 182 Å². The second kappa shape index (κ2) is 7.86. The van der Waals surface area contributed by atoms with Crippen molar-refractivity contribution in [3.05, 3.63) is 89.3 Å². The fourth-order valence-electron chi connectivity index (χ4n) is 3.35. The van der Waals surface area contributed by atoms with Crippen LogP contribution in [-0.2, 0) is 4.79 Å². The molecule has 0 radical (unpaired) electrons. The third-order valence-corrected chi connectivity index (χ3v) is 6.82. The first kappa shape index (κ1) is 18.7. The van der Waals surface area contributed by atoms with E-state index in [9.17, 15) is 4.79 Å². The fourth-order valence-corrected chi connectivity index (χ4v) is 5.15. The zero-order chi connectivity index (χ0) is 20.5. The van der Waals surface area contributed by atoms with Crippen LogP contribution in [0.4, 0.5) is 5.13 Å². The standard InChI is InChI=1S/C25H18N2OS2/c1-16-6-8-17(9-7-16)10-13-24(28)27-25-26-21(15-29-25)18-11-12-23-20(14-18)19-4-2-3-5-22(19)30-23/h2-15H,1H3,(H,26,27,28)/b13-10+. The van der Waals surface area contributed by atoms with E-state index < -0.39 is 0 Å². The summed E-state index contributed by atoms with van der Waals surface area (Å²) in [5, 5.41) is 7.95. The number of rotatable bonds is 4. The summed E-state index contributed by atoms with van der Waals surface area (Å²) in [5.41, 5.74) is 4.11. The number of hydrogen-bond donors (Lipinski definition) is 1. The molecule has 0 fully saturated rings. The van der Waals surface area contributed by atoms with Crippen molar-refractivity contribution in [2.45, 2.75) is 6.92 Å². The Kier molecular flexibility index (Phi) is 4.91. The Morgan fingerprint density at radius 2 is 1.77 bits per heavy atom. The lowest BCUT2D eigenvalue weighted by Crippen LogP contribution is -2.07. The predicted molar refractivity (Wildman–Crippen MR) is 129 cm³/mol. The second-order valence-electron chi connectivity index (χ2n) is 7.08. The molecule has 0 saturated carbocycles. The Morgan fingerprint density at radius 3 is 2.63 bits per heavy atom. The topological polar surface area (TPSA) is 42.0 Å². The van der Waals surface area contributed by atoms with Crippen LogP contribution >= 0.6 is 22.7 Å². The van der Waals surface area contributed by atoms with E-state index in [1.54, 1.807) is 17.4 Å². The molecule has 5 heteroatoms. The maximum atomic E-state index is 12.3. The van der Waals surface area contributed by atoms with E-state index in [-0.39, 0.29) is 5.91 Å². The molecular formula is C25H18N2OS2.